The number of para-hydroxylation sites is 1. The monoisotopic (exact) mass is 282 g/mol. The van der Waals surface area contributed by atoms with E-state index in [2.05, 4.69) is 71.2 Å². The van der Waals surface area contributed by atoms with Gasteiger partial charge in [0.05, 0.1) is 0 Å². The zero-order valence-corrected chi connectivity index (χ0v) is 12.0. The maximum absolute atomic E-state index is 3.54. The smallest absolute Gasteiger partial charge is 0.234 e. The van der Waals surface area contributed by atoms with Crippen LogP contribution >= 0.6 is 0 Å². The van der Waals surface area contributed by atoms with E-state index < -0.39 is 0 Å². The summed E-state index contributed by atoms with van der Waals surface area (Å²) in [6, 6.07) is 15.1. The highest BCUT2D eigenvalue weighted by Crippen LogP contribution is 2.26. The number of aromatic nitrogens is 2. The number of fused-ring (bicyclic) bond motifs is 5. The van der Waals surface area contributed by atoms with Crippen LogP contribution in [0, 0.1) is 0 Å². The molecule has 0 spiro atoms. The molecule has 0 fully saturated rings. The summed E-state index contributed by atoms with van der Waals surface area (Å²) in [4.78, 5) is 3.54. The third-order valence-electron chi connectivity index (χ3n) is 3.85. The number of rotatable bonds is 1. The van der Waals surface area contributed by atoms with Gasteiger partial charge in [0.15, 0.2) is 12.4 Å². The standard InChI is InChI=1S/C17H14N2.ClH/c1-2-12-7-8-16-17-14(9-10-19(16)11-12)13-5-3-4-6-15(13)18-17;/h3-11H,2H2,1H3;1H. The fraction of sp³-hybridized carbons (Fsp3) is 0.118. The second kappa shape index (κ2) is 4.80. The minimum absolute atomic E-state index is 0. The van der Waals surface area contributed by atoms with Crippen molar-refractivity contribution in [1.29, 1.82) is 0 Å². The van der Waals surface area contributed by atoms with Gasteiger partial charge in [0.25, 0.3) is 0 Å². The van der Waals surface area contributed by atoms with Crippen molar-refractivity contribution in [2.45, 2.75) is 13.3 Å². The van der Waals surface area contributed by atoms with E-state index in [1.807, 2.05) is 0 Å². The highest BCUT2D eigenvalue weighted by molar-refractivity contribution is 6.10. The Morgan fingerprint density at radius 3 is 2.70 bits per heavy atom. The zero-order valence-electron chi connectivity index (χ0n) is 11.2. The molecule has 3 heterocycles. The molecule has 4 rings (SSSR count). The van der Waals surface area contributed by atoms with Crippen LogP contribution in [0.15, 0.2) is 54.9 Å². The summed E-state index contributed by atoms with van der Waals surface area (Å²) in [5.41, 5.74) is 5.00. The van der Waals surface area contributed by atoms with Crippen LogP contribution < -0.4 is 16.8 Å². The van der Waals surface area contributed by atoms with Crippen molar-refractivity contribution in [2.24, 2.45) is 0 Å². The second-order valence-corrected chi connectivity index (χ2v) is 4.96. The Balaban J connectivity index is 0.00000121. The number of nitrogens with zero attached hydrogens (tertiary/aromatic N) is 1. The molecular weight excluding hydrogens is 268 g/mol. The third kappa shape index (κ3) is 1.76. The van der Waals surface area contributed by atoms with Gasteiger partial charge in [-0.15, -0.1) is 0 Å². The first-order valence-electron chi connectivity index (χ1n) is 6.70. The summed E-state index contributed by atoms with van der Waals surface area (Å²) < 4.78 is 2.20. The lowest BCUT2D eigenvalue weighted by molar-refractivity contribution is -0.511. The van der Waals surface area contributed by atoms with Gasteiger partial charge in [-0.3, -0.25) is 0 Å². The molecule has 3 aromatic heterocycles. The Bertz CT molecular complexity index is 909. The first kappa shape index (κ1) is 12.9. The van der Waals surface area contributed by atoms with E-state index in [1.54, 1.807) is 0 Å². The van der Waals surface area contributed by atoms with Crippen molar-refractivity contribution in [1.82, 2.24) is 4.98 Å². The van der Waals surface area contributed by atoms with Crippen LogP contribution in [0.5, 0.6) is 0 Å². The molecule has 0 saturated heterocycles. The number of hydrogen-bond acceptors (Lipinski definition) is 0. The van der Waals surface area contributed by atoms with Gasteiger partial charge in [-0.1, -0.05) is 25.1 Å². The van der Waals surface area contributed by atoms with Gasteiger partial charge >= 0.3 is 0 Å². The van der Waals surface area contributed by atoms with Crippen LogP contribution in [0.1, 0.15) is 12.5 Å². The summed E-state index contributed by atoms with van der Waals surface area (Å²) in [6.45, 7) is 2.18. The van der Waals surface area contributed by atoms with E-state index in [0.29, 0.717) is 0 Å². The average Bonchev–Trinajstić information content (AvgIpc) is 2.85. The van der Waals surface area contributed by atoms with Crippen LogP contribution in [0.4, 0.5) is 0 Å². The molecule has 2 nitrogen and oxygen atoms in total. The molecule has 0 radical (unpaired) electrons. The van der Waals surface area contributed by atoms with Crippen LogP contribution in [0.3, 0.4) is 0 Å². The first-order valence-corrected chi connectivity index (χ1v) is 6.70. The average molecular weight is 283 g/mol. The Morgan fingerprint density at radius 1 is 1.00 bits per heavy atom. The zero-order chi connectivity index (χ0) is 12.8. The number of hydrogen-bond donors (Lipinski definition) is 1. The van der Waals surface area contributed by atoms with Gasteiger partial charge in [0.1, 0.15) is 5.52 Å². The van der Waals surface area contributed by atoms with Crippen molar-refractivity contribution < 1.29 is 16.8 Å². The maximum Gasteiger partial charge on any atom is 0.234 e. The number of halogens is 1. The summed E-state index contributed by atoms with van der Waals surface area (Å²) in [7, 11) is 0. The van der Waals surface area contributed by atoms with Crippen LogP contribution in [-0.2, 0) is 6.42 Å². The molecule has 20 heavy (non-hydrogen) atoms. The quantitative estimate of drug-likeness (QED) is 0.494. The Labute approximate surface area is 123 Å². The van der Waals surface area contributed by atoms with E-state index >= 15 is 0 Å². The van der Waals surface area contributed by atoms with Crippen molar-refractivity contribution in [3.63, 3.8) is 0 Å². The molecule has 0 aliphatic rings. The molecule has 0 aliphatic heterocycles. The molecular formula is C17H15ClN2. The molecule has 0 aliphatic carbocycles. The SMILES string of the molecule is CCc1ccc2c3[nH]c4ccccc4c3cc[n+]2c1.[Cl-]. The Kier molecular flexibility index (Phi) is 3.11. The van der Waals surface area contributed by atoms with Crippen molar-refractivity contribution in [3.8, 4) is 0 Å². The highest BCUT2D eigenvalue weighted by Gasteiger charge is 2.12. The van der Waals surface area contributed by atoms with Crippen LogP contribution in [-0.4, -0.2) is 4.98 Å². The molecule has 4 aromatic rings. The topological polar surface area (TPSA) is 19.9 Å². The number of aromatic amines is 1. The van der Waals surface area contributed by atoms with Gasteiger partial charge in [-0.25, -0.2) is 0 Å². The number of H-pyrrole nitrogens is 1. The van der Waals surface area contributed by atoms with E-state index in [1.165, 1.54) is 32.9 Å². The fourth-order valence-electron chi connectivity index (χ4n) is 2.80. The van der Waals surface area contributed by atoms with Gasteiger partial charge < -0.3 is 17.4 Å². The van der Waals surface area contributed by atoms with Crippen LogP contribution in [0.2, 0.25) is 0 Å². The second-order valence-electron chi connectivity index (χ2n) is 4.96. The minimum atomic E-state index is 0. The molecule has 3 heteroatoms. The predicted octanol–water partition coefficient (Wildman–Crippen LogP) is 0.626. The molecule has 0 unspecified atom stereocenters. The van der Waals surface area contributed by atoms with Crippen LogP contribution in [0.25, 0.3) is 27.3 Å². The maximum atomic E-state index is 3.54. The highest BCUT2D eigenvalue weighted by atomic mass is 35.5. The molecule has 1 aromatic carbocycles. The third-order valence-corrected chi connectivity index (χ3v) is 3.85. The normalized spacial score (nSPS) is 11.1. The Morgan fingerprint density at radius 2 is 1.85 bits per heavy atom. The lowest BCUT2D eigenvalue weighted by Gasteiger charge is -1.96. The van der Waals surface area contributed by atoms with Gasteiger partial charge in [-0.2, -0.15) is 4.40 Å². The molecule has 0 saturated carbocycles. The van der Waals surface area contributed by atoms with Gasteiger partial charge in [0.2, 0.25) is 5.52 Å². The molecule has 0 bridgehead atoms. The van der Waals surface area contributed by atoms with Crippen molar-refractivity contribution in [3.05, 3.63) is 60.4 Å². The number of pyridine rings is 2. The Hall–Kier alpha value is -2.06. The summed E-state index contributed by atoms with van der Waals surface area (Å²) in [6.07, 6.45) is 5.42. The largest absolute Gasteiger partial charge is 1.00 e. The number of benzene rings is 1. The summed E-state index contributed by atoms with van der Waals surface area (Å²) in [5, 5.41) is 2.58. The van der Waals surface area contributed by atoms with Crippen molar-refractivity contribution >= 4 is 27.3 Å². The van der Waals surface area contributed by atoms with Gasteiger partial charge in [0, 0.05) is 34.0 Å². The number of aryl methyl sites for hydroxylation is 1. The summed E-state index contributed by atoms with van der Waals surface area (Å²) >= 11 is 0. The fourth-order valence-corrected chi connectivity index (χ4v) is 2.80. The molecule has 0 amide bonds. The lowest BCUT2D eigenvalue weighted by Crippen LogP contribution is -3.00. The number of nitrogens with one attached hydrogen (secondary N) is 1. The summed E-state index contributed by atoms with van der Waals surface area (Å²) in [5.74, 6) is 0. The van der Waals surface area contributed by atoms with Gasteiger partial charge in [-0.05, 0) is 18.6 Å². The van der Waals surface area contributed by atoms with E-state index in [4.69, 9.17) is 0 Å². The predicted molar refractivity (Wildman–Crippen MR) is 78.3 cm³/mol. The van der Waals surface area contributed by atoms with E-state index in [9.17, 15) is 0 Å². The van der Waals surface area contributed by atoms with Crippen molar-refractivity contribution in [2.75, 3.05) is 0 Å². The lowest BCUT2D eigenvalue weighted by atomic mass is 10.1. The minimum Gasteiger partial charge on any atom is -1.00 e. The first-order chi connectivity index (χ1) is 9.36. The molecule has 1 N–H and O–H groups in total. The van der Waals surface area contributed by atoms with E-state index in [0.717, 1.165) is 6.42 Å². The van der Waals surface area contributed by atoms with E-state index in [-0.39, 0.29) is 12.4 Å². The molecule has 0 atom stereocenters. The molecule has 100 valence electrons.